The zero-order valence-corrected chi connectivity index (χ0v) is 11.8. The number of nitrogens with two attached hydrogens (primary N) is 1. The summed E-state index contributed by atoms with van der Waals surface area (Å²) in [6.07, 6.45) is 1.55. The Labute approximate surface area is 114 Å². The van der Waals surface area contributed by atoms with Crippen LogP contribution in [0.4, 0.5) is 5.82 Å². The molecule has 1 unspecified atom stereocenters. The zero-order chi connectivity index (χ0) is 14.3. The van der Waals surface area contributed by atoms with E-state index in [-0.39, 0.29) is 11.9 Å². The average molecular weight is 265 g/mol. The third-order valence-corrected chi connectivity index (χ3v) is 2.97. The molecule has 1 rings (SSSR count). The molecule has 0 radical (unpaired) electrons. The number of carbonyl (C=O) groups is 1. The zero-order valence-electron chi connectivity index (χ0n) is 11.8. The fraction of sp³-hybridized carbons (Fsp3) is 0.538. The maximum atomic E-state index is 12.1. The lowest BCUT2D eigenvalue weighted by atomic mass is 10.2. The number of rotatable bonds is 7. The van der Waals surface area contributed by atoms with E-state index >= 15 is 0 Å². The summed E-state index contributed by atoms with van der Waals surface area (Å²) in [5.41, 5.74) is 2.98. The number of anilines is 1. The summed E-state index contributed by atoms with van der Waals surface area (Å²) >= 11 is 0. The van der Waals surface area contributed by atoms with Gasteiger partial charge in [-0.1, -0.05) is 13.8 Å². The maximum Gasteiger partial charge on any atom is 0.251 e. The highest BCUT2D eigenvalue weighted by molar-refractivity contribution is 5.94. The number of nitrogens with zero attached hydrogens (tertiary/aromatic N) is 2. The number of likely N-dealkylation sites (N-methyl/N-ethyl adjacent to an activating group) is 1. The summed E-state index contributed by atoms with van der Waals surface area (Å²) < 4.78 is 0. The van der Waals surface area contributed by atoms with Crippen LogP contribution >= 0.6 is 0 Å². The minimum absolute atomic E-state index is 0.0925. The smallest absolute Gasteiger partial charge is 0.251 e. The predicted molar refractivity (Wildman–Crippen MR) is 76.8 cm³/mol. The van der Waals surface area contributed by atoms with E-state index < -0.39 is 0 Å². The van der Waals surface area contributed by atoms with E-state index in [1.165, 1.54) is 0 Å². The number of carbonyl (C=O) groups excluding carboxylic acids is 1. The fourth-order valence-electron chi connectivity index (χ4n) is 1.87. The van der Waals surface area contributed by atoms with Crippen molar-refractivity contribution in [2.24, 2.45) is 5.84 Å². The molecule has 1 heterocycles. The Morgan fingerprint density at radius 1 is 1.47 bits per heavy atom. The van der Waals surface area contributed by atoms with Crippen molar-refractivity contribution < 1.29 is 4.79 Å². The van der Waals surface area contributed by atoms with Gasteiger partial charge in [0.25, 0.3) is 5.91 Å². The first-order valence-corrected chi connectivity index (χ1v) is 6.56. The molecule has 0 bridgehead atoms. The van der Waals surface area contributed by atoms with Crippen LogP contribution in [0.2, 0.25) is 0 Å². The Morgan fingerprint density at radius 2 is 2.16 bits per heavy atom. The Bertz CT molecular complexity index is 406. The second-order valence-corrected chi connectivity index (χ2v) is 4.43. The van der Waals surface area contributed by atoms with Gasteiger partial charge in [0.15, 0.2) is 0 Å². The average Bonchev–Trinajstić information content (AvgIpc) is 2.44. The van der Waals surface area contributed by atoms with Gasteiger partial charge < -0.3 is 15.6 Å². The van der Waals surface area contributed by atoms with E-state index in [0.29, 0.717) is 11.4 Å². The third kappa shape index (κ3) is 4.84. The predicted octanol–water partition coefficient (Wildman–Crippen LogP) is 0.827. The largest absolute Gasteiger partial charge is 0.348 e. The van der Waals surface area contributed by atoms with Crippen molar-refractivity contribution in [2.45, 2.75) is 26.8 Å². The van der Waals surface area contributed by atoms with Gasteiger partial charge >= 0.3 is 0 Å². The summed E-state index contributed by atoms with van der Waals surface area (Å²) in [6, 6.07) is 3.38. The van der Waals surface area contributed by atoms with Crippen molar-refractivity contribution in [2.75, 3.05) is 25.1 Å². The molecular formula is C13H23N5O. The molecule has 0 aliphatic rings. The van der Waals surface area contributed by atoms with Crippen molar-refractivity contribution in [3.8, 4) is 0 Å². The minimum Gasteiger partial charge on any atom is -0.348 e. The second-order valence-electron chi connectivity index (χ2n) is 4.43. The van der Waals surface area contributed by atoms with Gasteiger partial charge in [-0.25, -0.2) is 10.8 Å². The lowest BCUT2D eigenvalue weighted by Crippen LogP contribution is -2.41. The molecule has 0 aliphatic carbocycles. The van der Waals surface area contributed by atoms with Gasteiger partial charge in [-0.2, -0.15) is 0 Å². The Balaban J connectivity index is 2.58. The Hall–Kier alpha value is -1.66. The van der Waals surface area contributed by atoms with Crippen LogP contribution in [0.25, 0.3) is 0 Å². The lowest BCUT2D eigenvalue weighted by molar-refractivity contribution is 0.0930. The van der Waals surface area contributed by atoms with Crippen LogP contribution in [0.1, 0.15) is 31.1 Å². The lowest BCUT2D eigenvalue weighted by Gasteiger charge is -2.23. The molecule has 0 aliphatic heterocycles. The van der Waals surface area contributed by atoms with Gasteiger partial charge in [-0.05, 0) is 32.1 Å². The van der Waals surface area contributed by atoms with E-state index in [2.05, 4.69) is 34.5 Å². The monoisotopic (exact) mass is 265 g/mol. The molecule has 6 heteroatoms. The van der Waals surface area contributed by atoms with Crippen LogP contribution in [0, 0.1) is 0 Å². The van der Waals surface area contributed by atoms with Gasteiger partial charge in [-0.3, -0.25) is 4.79 Å². The molecule has 19 heavy (non-hydrogen) atoms. The van der Waals surface area contributed by atoms with Crippen LogP contribution in [0.5, 0.6) is 0 Å². The van der Waals surface area contributed by atoms with Gasteiger partial charge in [0.05, 0.1) is 0 Å². The SMILES string of the molecule is CCN(CC)CC(C)NC(=O)c1ccnc(NN)c1. The Morgan fingerprint density at radius 3 is 2.74 bits per heavy atom. The summed E-state index contributed by atoms with van der Waals surface area (Å²) in [7, 11) is 0. The van der Waals surface area contributed by atoms with Crippen LogP contribution in [-0.4, -0.2) is 41.5 Å². The summed E-state index contributed by atoms with van der Waals surface area (Å²) in [5.74, 6) is 5.63. The normalized spacial score (nSPS) is 12.3. The number of nitrogen functional groups attached to an aromatic ring is 1. The number of hydrazine groups is 1. The molecule has 6 nitrogen and oxygen atoms in total. The number of hydrogen-bond acceptors (Lipinski definition) is 5. The van der Waals surface area contributed by atoms with E-state index in [4.69, 9.17) is 5.84 Å². The highest BCUT2D eigenvalue weighted by atomic mass is 16.1. The highest BCUT2D eigenvalue weighted by Gasteiger charge is 2.12. The highest BCUT2D eigenvalue weighted by Crippen LogP contribution is 2.05. The number of nitrogens with one attached hydrogen (secondary N) is 2. The van der Waals surface area contributed by atoms with Crippen LogP contribution in [0.15, 0.2) is 18.3 Å². The van der Waals surface area contributed by atoms with Crippen LogP contribution in [-0.2, 0) is 0 Å². The molecule has 1 atom stereocenters. The van der Waals surface area contributed by atoms with Gasteiger partial charge in [0.2, 0.25) is 0 Å². The summed E-state index contributed by atoms with van der Waals surface area (Å²) in [5, 5.41) is 2.97. The molecule has 1 aromatic heterocycles. The molecule has 0 aromatic carbocycles. The van der Waals surface area contributed by atoms with Crippen molar-refractivity contribution in [3.05, 3.63) is 23.9 Å². The van der Waals surface area contributed by atoms with Gasteiger partial charge in [-0.15, -0.1) is 0 Å². The maximum absolute atomic E-state index is 12.1. The molecule has 1 aromatic rings. The van der Waals surface area contributed by atoms with Crippen molar-refractivity contribution >= 4 is 11.7 Å². The molecule has 106 valence electrons. The van der Waals surface area contributed by atoms with Crippen molar-refractivity contribution in [1.29, 1.82) is 0 Å². The van der Waals surface area contributed by atoms with E-state index in [0.717, 1.165) is 19.6 Å². The quantitative estimate of drug-likeness (QED) is 0.502. The second kappa shape index (κ2) is 7.70. The van der Waals surface area contributed by atoms with Gasteiger partial charge in [0.1, 0.15) is 5.82 Å². The number of aromatic nitrogens is 1. The Kier molecular flexibility index (Phi) is 6.24. The minimum atomic E-state index is -0.112. The fourth-order valence-corrected chi connectivity index (χ4v) is 1.87. The first kappa shape index (κ1) is 15.4. The standard InChI is InChI=1S/C13H23N5O/c1-4-18(5-2)9-10(3)16-13(19)11-6-7-15-12(8-11)17-14/h6-8,10H,4-5,9,14H2,1-3H3,(H,15,17)(H,16,19). The third-order valence-electron chi connectivity index (χ3n) is 2.97. The number of hydrogen-bond donors (Lipinski definition) is 3. The summed E-state index contributed by atoms with van der Waals surface area (Å²) in [4.78, 5) is 18.3. The number of amides is 1. The van der Waals surface area contributed by atoms with Gasteiger partial charge in [0, 0.05) is 24.3 Å². The van der Waals surface area contributed by atoms with E-state index in [9.17, 15) is 4.79 Å². The molecule has 0 fully saturated rings. The molecular weight excluding hydrogens is 242 g/mol. The van der Waals surface area contributed by atoms with Crippen molar-refractivity contribution in [3.63, 3.8) is 0 Å². The molecule has 0 saturated carbocycles. The van der Waals surface area contributed by atoms with E-state index in [1.807, 2.05) is 6.92 Å². The number of pyridine rings is 1. The van der Waals surface area contributed by atoms with Crippen LogP contribution in [0.3, 0.4) is 0 Å². The van der Waals surface area contributed by atoms with Crippen molar-refractivity contribution in [1.82, 2.24) is 15.2 Å². The molecule has 1 amide bonds. The molecule has 4 N–H and O–H groups in total. The summed E-state index contributed by atoms with van der Waals surface area (Å²) in [6.45, 7) is 9.02. The first-order valence-electron chi connectivity index (χ1n) is 6.56. The first-order chi connectivity index (χ1) is 9.10. The molecule has 0 saturated heterocycles. The van der Waals surface area contributed by atoms with Crippen LogP contribution < -0.4 is 16.6 Å². The van der Waals surface area contributed by atoms with E-state index in [1.54, 1.807) is 18.3 Å². The topological polar surface area (TPSA) is 83.3 Å². The molecule has 0 spiro atoms.